The molecular weight excluding hydrogens is 520 g/mol. The SMILES string of the molecule is OCCCCCCCCCCCCOC1=C(OCCCCCCCCCCCCO)c2ccc3c4c(ccc1c24)C=C3. The number of hydrogen-bond acceptors (Lipinski definition) is 4. The first-order chi connectivity index (χ1) is 20.8. The van der Waals surface area contributed by atoms with E-state index in [0.717, 1.165) is 50.4 Å². The zero-order chi connectivity index (χ0) is 29.2. The average Bonchev–Trinajstić information content (AvgIpc) is 3.56. The minimum Gasteiger partial charge on any atom is -0.489 e. The number of hydrogen-bond donors (Lipinski definition) is 2. The van der Waals surface area contributed by atoms with Crippen LogP contribution in [-0.4, -0.2) is 36.6 Å². The molecule has 0 heterocycles. The van der Waals surface area contributed by atoms with Crippen molar-refractivity contribution in [3.63, 3.8) is 0 Å². The van der Waals surface area contributed by atoms with Crippen molar-refractivity contribution in [3.05, 3.63) is 46.5 Å². The number of aliphatic hydroxyl groups is 2. The van der Waals surface area contributed by atoms with Crippen LogP contribution >= 0.6 is 0 Å². The third-order valence-electron chi connectivity index (χ3n) is 8.96. The molecule has 4 heteroatoms. The Balaban J connectivity index is 1.20. The average molecular weight is 577 g/mol. The summed E-state index contributed by atoms with van der Waals surface area (Å²) in [7, 11) is 0. The highest BCUT2D eigenvalue weighted by atomic mass is 16.5. The van der Waals surface area contributed by atoms with Crippen molar-refractivity contribution < 1.29 is 19.7 Å². The lowest BCUT2D eigenvalue weighted by molar-refractivity contribution is 0.235. The third kappa shape index (κ3) is 9.61. The van der Waals surface area contributed by atoms with Crippen molar-refractivity contribution in [2.75, 3.05) is 26.4 Å². The van der Waals surface area contributed by atoms with Gasteiger partial charge in [0.05, 0.1) is 13.2 Å². The van der Waals surface area contributed by atoms with Crippen LogP contribution in [0, 0.1) is 0 Å². The maximum atomic E-state index is 8.89. The molecule has 0 fully saturated rings. The Labute approximate surface area is 255 Å². The lowest BCUT2D eigenvalue weighted by atomic mass is 9.98. The third-order valence-corrected chi connectivity index (χ3v) is 8.96. The molecule has 42 heavy (non-hydrogen) atoms. The van der Waals surface area contributed by atoms with Gasteiger partial charge >= 0.3 is 0 Å². The molecule has 0 atom stereocenters. The van der Waals surface area contributed by atoms with E-state index in [9.17, 15) is 0 Å². The van der Waals surface area contributed by atoms with Crippen LogP contribution in [0.5, 0.6) is 0 Å². The van der Waals surface area contributed by atoms with Crippen molar-refractivity contribution in [1.82, 2.24) is 0 Å². The van der Waals surface area contributed by atoms with Crippen LogP contribution in [0.2, 0.25) is 0 Å². The first-order valence-corrected chi connectivity index (χ1v) is 17.4. The van der Waals surface area contributed by atoms with Crippen LogP contribution in [0.4, 0.5) is 0 Å². The maximum absolute atomic E-state index is 8.89. The Morgan fingerprint density at radius 1 is 0.381 bits per heavy atom. The van der Waals surface area contributed by atoms with Gasteiger partial charge in [-0.15, -0.1) is 0 Å². The lowest BCUT2D eigenvalue weighted by Gasteiger charge is -2.13. The Morgan fingerprint density at radius 3 is 1.07 bits per heavy atom. The van der Waals surface area contributed by atoms with Gasteiger partial charge < -0.3 is 19.7 Å². The van der Waals surface area contributed by atoms with Crippen molar-refractivity contribution in [1.29, 1.82) is 0 Å². The molecule has 0 spiro atoms. The van der Waals surface area contributed by atoms with E-state index < -0.39 is 0 Å². The van der Waals surface area contributed by atoms with Crippen LogP contribution in [0.15, 0.2) is 24.3 Å². The first-order valence-electron chi connectivity index (χ1n) is 17.4. The number of rotatable bonds is 26. The van der Waals surface area contributed by atoms with Crippen molar-refractivity contribution in [3.8, 4) is 0 Å². The van der Waals surface area contributed by atoms with Crippen LogP contribution < -0.4 is 0 Å². The summed E-state index contributed by atoms with van der Waals surface area (Å²) in [5.74, 6) is 1.90. The molecule has 232 valence electrons. The van der Waals surface area contributed by atoms with Gasteiger partial charge in [-0.3, -0.25) is 0 Å². The Bertz CT molecular complexity index is 1050. The Kier molecular flexibility index (Phi) is 14.8. The molecule has 0 saturated heterocycles. The van der Waals surface area contributed by atoms with E-state index in [1.165, 1.54) is 136 Å². The Morgan fingerprint density at radius 2 is 0.714 bits per heavy atom. The molecule has 2 aliphatic carbocycles. The van der Waals surface area contributed by atoms with Gasteiger partial charge in [0.1, 0.15) is 0 Å². The lowest BCUT2D eigenvalue weighted by Crippen LogP contribution is -1.99. The van der Waals surface area contributed by atoms with Gasteiger partial charge in [-0.1, -0.05) is 127 Å². The zero-order valence-corrected chi connectivity index (χ0v) is 26.1. The molecule has 0 aliphatic heterocycles. The predicted octanol–water partition coefficient (Wildman–Crippen LogP) is 10.3. The molecule has 2 N–H and O–H groups in total. The van der Waals surface area contributed by atoms with E-state index >= 15 is 0 Å². The summed E-state index contributed by atoms with van der Waals surface area (Å²) < 4.78 is 13.1. The van der Waals surface area contributed by atoms with E-state index in [-0.39, 0.29) is 0 Å². The highest BCUT2D eigenvalue weighted by molar-refractivity contribution is 6.17. The summed E-state index contributed by atoms with van der Waals surface area (Å²) in [6.45, 7) is 2.15. The van der Waals surface area contributed by atoms with Gasteiger partial charge in [-0.05, 0) is 54.3 Å². The molecule has 0 amide bonds. The number of unbranched alkanes of at least 4 members (excludes halogenated alkanes) is 18. The minimum atomic E-state index is 0.335. The largest absolute Gasteiger partial charge is 0.489 e. The van der Waals surface area contributed by atoms with Crippen LogP contribution in [-0.2, 0) is 9.47 Å². The van der Waals surface area contributed by atoms with Gasteiger partial charge in [0.2, 0.25) is 0 Å². The van der Waals surface area contributed by atoms with Crippen LogP contribution in [0.25, 0.3) is 34.4 Å². The standard InChI is InChI=1S/C38H56O4/c39-27-17-13-9-5-1-3-7-11-15-19-29-41-37-33-25-23-31-21-22-32-24-26-34(36(33)35(31)32)38(37)42-30-20-16-12-8-4-2-6-10-14-18-28-40/h21-26,39-40H,1-20,27-30H2. The molecule has 2 aliphatic rings. The normalized spacial score (nSPS) is 13.2. The predicted molar refractivity (Wildman–Crippen MR) is 178 cm³/mol. The Hall–Kier alpha value is -2.30. The van der Waals surface area contributed by atoms with Crippen molar-refractivity contribution in [2.24, 2.45) is 0 Å². The van der Waals surface area contributed by atoms with Crippen molar-refractivity contribution >= 4 is 34.4 Å². The van der Waals surface area contributed by atoms with Crippen LogP contribution in [0.3, 0.4) is 0 Å². The molecule has 2 aromatic carbocycles. The summed E-state index contributed by atoms with van der Waals surface area (Å²) in [5, 5.41) is 20.4. The topological polar surface area (TPSA) is 58.9 Å². The van der Waals surface area contributed by atoms with Crippen LogP contribution in [0.1, 0.15) is 151 Å². The zero-order valence-electron chi connectivity index (χ0n) is 26.1. The summed E-state index contributed by atoms with van der Waals surface area (Å²) >= 11 is 0. The summed E-state index contributed by atoms with van der Waals surface area (Å²) in [5.41, 5.74) is 5.00. The summed E-state index contributed by atoms with van der Waals surface area (Å²) in [4.78, 5) is 0. The van der Waals surface area contributed by atoms with Gasteiger partial charge in [-0.2, -0.15) is 0 Å². The molecule has 2 aromatic rings. The highest BCUT2D eigenvalue weighted by Crippen LogP contribution is 2.47. The van der Waals surface area contributed by atoms with E-state index in [4.69, 9.17) is 19.7 Å². The molecule has 0 bridgehead atoms. The number of aliphatic hydroxyl groups excluding tert-OH is 2. The fourth-order valence-electron chi connectivity index (χ4n) is 6.52. The summed E-state index contributed by atoms with van der Waals surface area (Å²) in [6.07, 6.45) is 28.9. The molecule has 0 aromatic heterocycles. The molecule has 4 rings (SSSR count). The minimum absolute atomic E-state index is 0.335. The molecule has 0 unspecified atom stereocenters. The van der Waals surface area contributed by atoms with Gasteiger partial charge in [-0.25, -0.2) is 0 Å². The number of benzene rings is 2. The second-order valence-electron chi connectivity index (χ2n) is 12.4. The molecular formula is C38H56O4. The van der Waals surface area contributed by atoms with Gasteiger partial charge in [0.25, 0.3) is 0 Å². The monoisotopic (exact) mass is 576 g/mol. The molecule has 0 saturated carbocycles. The fourth-order valence-corrected chi connectivity index (χ4v) is 6.52. The first kappa shape index (κ1) is 32.6. The van der Waals surface area contributed by atoms with E-state index in [1.807, 2.05) is 0 Å². The van der Waals surface area contributed by atoms with E-state index in [1.54, 1.807) is 0 Å². The van der Waals surface area contributed by atoms with Crippen molar-refractivity contribution in [2.45, 2.75) is 128 Å². The smallest absolute Gasteiger partial charge is 0.169 e. The number of ether oxygens (including phenoxy) is 2. The van der Waals surface area contributed by atoms with Gasteiger partial charge in [0, 0.05) is 29.7 Å². The highest BCUT2D eigenvalue weighted by Gasteiger charge is 2.29. The second-order valence-corrected chi connectivity index (χ2v) is 12.4. The molecule has 0 radical (unpaired) electrons. The fraction of sp³-hybridized carbons (Fsp3) is 0.632. The quantitative estimate of drug-likeness (QED) is 0.0933. The second kappa shape index (κ2) is 19.1. The maximum Gasteiger partial charge on any atom is 0.169 e. The van der Waals surface area contributed by atoms with E-state index in [2.05, 4.69) is 36.4 Å². The molecule has 4 nitrogen and oxygen atoms in total. The van der Waals surface area contributed by atoms with E-state index in [0.29, 0.717) is 13.2 Å². The van der Waals surface area contributed by atoms with Gasteiger partial charge in [0.15, 0.2) is 11.5 Å². The summed E-state index contributed by atoms with van der Waals surface area (Å²) in [6, 6.07) is 8.93.